The van der Waals surface area contributed by atoms with Gasteiger partial charge in [-0.15, -0.1) is 0 Å². The fraction of sp³-hybridized carbons (Fsp3) is 0.938. The van der Waals surface area contributed by atoms with E-state index in [-0.39, 0.29) is 32.3 Å². The lowest BCUT2D eigenvalue weighted by Crippen LogP contribution is -2.68. The molecule has 0 spiro atoms. The van der Waals surface area contributed by atoms with Crippen molar-refractivity contribution in [3.8, 4) is 0 Å². The summed E-state index contributed by atoms with van der Waals surface area (Å²) >= 11 is 0. The highest BCUT2D eigenvalue weighted by Gasteiger charge is 2.54. The number of phosphoric ester groups is 1. The molecule has 2 aliphatic heterocycles. The van der Waals surface area contributed by atoms with E-state index in [2.05, 4.69) is 52.2 Å². The lowest BCUT2D eigenvalue weighted by Gasteiger charge is -2.46. The first-order valence-electron chi connectivity index (χ1n) is 50.0. The van der Waals surface area contributed by atoms with Crippen molar-refractivity contribution in [1.82, 2.24) is 10.6 Å². The zero-order valence-corrected chi connectivity index (χ0v) is 78.3. The molecule has 2 rings (SSSR count). The quantitative estimate of drug-likeness (QED) is 0.0121. The van der Waals surface area contributed by atoms with E-state index < -0.39 is 156 Å². The number of esters is 4. The van der Waals surface area contributed by atoms with Gasteiger partial charge in [0.25, 0.3) is 0 Å². The average Bonchev–Trinajstić information content (AvgIpc) is 1.66. The number of rotatable bonds is 85. The number of aliphatic hydroxyl groups excluding tert-OH is 4. The van der Waals surface area contributed by atoms with E-state index in [1.54, 1.807) is 0 Å². The molecule has 0 aromatic heterocycles. The zero-order valence-electron chi connectivity index (χ0n) is 77.4. The van der Waals surface area contributed by atoms with Crippen LogP contribution >= 0.6 is 7.82 Å². The molecule has 13 atom stereocenters. The van der Waals surface area contributed by atoms with Crippen molar-refractivity contribution in [3.63, 3.8) is 0 Å². The van der Waals surface area contributed by atoms with Gasteiger partial charge in [-0.3, -0.25) is 33.3 Å². The molecule has 2 heterocycles. The van der Waals surface area contributed by atoms with Gasteiger partial charge in [-0.25, -0.2) is 4.57 Å². The number of hydrogen-bond donors (Lipinski definition) is 8. The van der Waals surface area contributed by atoms with Crippen LogP contribution in [-0.4, -0.2) is 172 Å². The van der Waals surface area contributed by atoms with Crippen LogP contribution in [0.25, 0.3) is 0 Å². The number of nitrogens with one attached hydrogen (secondary N) is 2. The number of unbranched alkanes of at least 4 members (excludes halogenated alkanes) is 52. The Kier molecular flexibility index (Phi) is 73.0. The third-order valence-electron chi connectivity index (χ3n) is 23.9. The van der Waals surface area contributed by atoms with Gasteiger partial charge in [0, 0.05) is 25.9 Å². The van der Waals surface area contributed by atoms with Gasteiger partial charge in [-0.1, -0.05) is 382 Å². The monoisotopic (exact) mass is 1750 g/mol. The Morgan fingerprint density at radius 3 is 1.11 bits per heavy atom. The van der Waals surface area contributed by atoms with Crippen molar-refractivity contribution in [3.05, 3.63) is 0 Å². The van der Waals surface area contributed by atoms with Crippen molar-refractivity contribution in [2.24, 2.45) is 0 Å². The van der Waals surface area contributed by atoms with E-state index in [1.807, 2.05) is 0 Å². The fourth-order valence-electron chi connectivity index (χ4n) is 16.5. The molecule has 24 nitrogen and oxygen atoms in total. The summed E-state index contributed by atoms with van der Waals surface area (Å²) in [6.45, 7) is 11.8. The second-order valence-corrected chi connectivity index (χ2v) is 36.6. The molecule has 0 aromatic rings. The van der Waals surface area contributed by atoms with Crippen molar-refractivity contribution < 1.29 is 106 Å². The van der Waals surface area contributed by atoms with Crippen LogP contribution in [0.5, 0.6) is 0 Å². The Labute approximate surface area is 734 Å². The van der Waals surface area contributed by atoms with Crippen molar-refractivity contribution >= 4 is 43.5 Å². The van der Waals surface area contributed by atoms with E-state index in [9.17, 15) is 58.8 Å². The summed E-state index contributed by atoms with van der Waals surface area (Å²) in [5.41, 5.74) is 0. The molecule has 121 heavy (non-hydrogen) atoms. The van der Waals surface area contributed by atoms with Crippen LogP contribution in [0.3, 0.4) is 0 Å². The fourth-order valence-corrected chi connectivity index (χ4v) is 17.1. The summed E-state index contributed by atoms with van der Waals surface area (Å²) in [5.74, 6) is -4.36. The minimum absolute atomic E-state index is 0.0306. The highest BCUT2D eigenvalue weighted by atomic mass is 31.2. The summed E-state index contributed by atoms with van der Waals surface area (Å²) < 4.78 is 67.8. The van der Waals surface area contributed by atoms with Crippen molar-refractivity contribution in [1.29, 1.82) is 0 Å². The Bertz CT molecular complexity index is 2540. The van der Waals surface area contributed by atoms with E-state index in [4.69, 9.17) is 42.4 Å². The lowest BCUT2D eigenvalue weighted by molar-refractivity contribution is -0.298. The zero-order chi connectivity index (χ0) is 88.5. The van der Waals surface area contributed by atoms with E-state index in [0.29, 0.717) is 51.6 Å². The van der Waals surface area contributed by atoms with Gasteiger partial charge in [-0.2, -0.15) is 0 Å². The molecule has 0 aromatic carbocycles. The lowest BCUT2D eigenvalue weighted by atomic mass is 9.95. The molecule has 2 aliphatic rings. The standard InChI is InChI=1S/C96H181N2O22P/c1-7-13-19-25-31-37-39-44-50-56-62-68-85(103)114-79(66-60-54-48-42-34-28-22-16-10-4)74-84(102)98-90-94(119-88(106)75-80(67-61-55-49-43-35-29-23-17-11-5)115-86(104)69-63-57-51-45-40-38-32-26-20-14-8-2)92(120-121(109,110)111)81(76-99)117-96(90)113-77-82-91(107)93(118-87(105)73-78(100)65-59-53-47-41-33-27-21-15-9-3)89(95(108)116-82)97-83(101)70-72-112-71-64-58-52-46-36-30-24-18-12-6/h78-82,89-96,99-100,107-108H,7-77H2,1-6H3,(H,97,101)(H,98,102)(H2,109,110,111)/t78?,79?,80?,81-,82-,89-,90-,91-,92-,93+,94+,95+,96-/m1/s1. The van der Waals surface area contributed by atoms with Gasteiger partial charge >= 0.3 is 31.7 Å². The molecule has 712 valence electrons. The number of phosphoric acid groups is 1. The van der Waals surface area contributed by atoms with Gasteiger partial charge in [0.15, 0.2) is 24.8 Å². The Morgan fingerprint density at radius 1 is 0.364 bits per heavy atom. The van der Waals surface area contributed by atoms with Gasteiger partial charge in [-0.05, 0) is 51.4 Å². The van der Waals surface area contributed by atoms with Gasteiger partial charge < -0.3 is 78.7 Å². The summed E-state index contributed by atoms with van der Waals surface area (Å²) in [4.78, 5) is 107. The molecule has 8 N–H and O–H groups in total. The Hall–Kier alpha value is -3.39. The summed E-state index contributed by atoms with van der Waals surface area (Å²) in [5, 5.41) is 52.2. The first-order chi connectivity index (χ1) is 58.7. The van der Waals surface area contributed by atoms with Crippen LogP contribution in [0.1, 0.15) is 472 Å². The Morgan fingerprint density at radius 2 is 0.711 bits per heavy atom. The topological polar surface area (TPSA) is 348 Å². The second kappa shape index (κ2) is 77.7. The van der Waals surface area contributed by atoms with Gasteiger partial charge in [0.2, 0.25) is 11.8 Å². The largest absolute Gasteiger partial charge is 0.470 e. The predicted molar refractivity (Wildman–Crippen MR) is 479 cm³/mol. The van der Waals surface area contributed by atoms with Crippen LogP contribution in [0.15, 0.2) is 0 Å². The van der Waals surface area contributed by atoms with Crippen LogP contribution < -0.4 is 10.6 Å². The van der Waals surface area contributed by atoms with E-state index in [0.717, 1.165) is 186 Å². The summed E-state index contributed by atoms with van der Waals surface area (Å²) in [7, 11) is -5.61. The molecule has 25 heteroatoms. The first-order valence-corrected chi connectivity index (χ1v) is 51.5. The normalized spacial score (nSPS) is 20.1. The Balaban J connectivity index is 2.70. The minimum Gasteiger partial charge on any atom is -0.462 e. The van der Waals surface area contributed by atoms with Gasteiger partial charge in [0.1, 0.15) is 48.7 Å². The summed E-state index contributed by atoms with van der Waals surface area (Å²) in [6.07, 6.45) is 42.9. The molecular weight excluding hydrogens is 1560 g/mol. The maximum Gasteiger partial charge on any atom is 0.470 e. The highest BCUT2D eigenvalue weighted by molar-refractivity contribution is 7.46. The number of amides is 2. The molecule has 2 fully saturated rings. The molecule has 0 bridgehead atoms. The maximum absolute atomic E-state index is 15.1. The third-order valence-corrected chi connectivity index (χ3v) is 24.5. The molecule has 2 saturated heterocycles. The van der Waals surface area contributed by atoms with Crippen molar-refractivity contribution in [2.75, 3.05) is 26.4 Å². The number of aliphatic hydroxyl groups is 4. The maximum atomic E-state index is 15.1. The molecule has 2 amide bonds. The van der Waals surface area contributed by atoms with Crippen LogP contribution in [0, 0.1) is 0 Å². The van der Waals surface area contributed by atoms with E-state index >= 15 is 4.79 Å². The predicted octanol–water partition coefficient (Wildman–Crippen LogP) is 21.5. The number of hydrogen-bond acceptors (Lipinski definition) is 20. The average molecular weight is 1750 g/mol. The van der Waals surface area contributed by atoms with Gasteiger partial charge in [0.05, 0.1) is 45.2 Å². The first kappa shape index (κ1) is 114. The molecule has 0 aliphatic carbocycles. The van der Waals surface area contributed by atoms with Crippen LogP contribution in [0.4, 0.5) is 0 Å². The van der Waals surface area contributed by atoms with Crippen LogP contribution in [-0.2, 0) is 75.8 Å². The molecule has 0 saturated carbocycles. The highest BCUT2D eigenvalue weighted by Crippen LogP contribution is 2.43. The smallest absolute Gasteiger partial charge is 0.462 e. The van der Waals surface area contributed by atoms with Crippen molar-refractivity contribution in [2.45, 2.75) is 551 Å². The third kappa shape index (κ3) is 61.7. The van der Waals surface area contributed by atoms with Crippen LogP contribution in [0.2, 0.25) is 0 Å². The SMILES string of the molecule is CCCCCCCCCCCCCC(=O)OC(CCCCCCCCCCC)CC(=O)N[C@H]1[C@H](OC[C@H]2O[C@H](O)[C@H](NC(=O)CCOCCCCCCCCCCC)[C@H](OC(=O)CC(O)CCCCCCCCCCC)[C@@H]2O)O[C@H](CO)[C@@H](OP(=O)(O)O)[C@H]1OC(=O)CC(CCCCCCCCCCC)OC(=O)CCCCCCCCCCCCC. The number of ether oxygens (including phenoxy) is 8. The molecule has 3 unspecified atom stereocenters. The number of carbonyl (C=O) groups is 6. The second-order valence-electron chi connectivity index (χ2n) is 35.4. The summed E-state index contributed by atoms with van der Waals surface area (Å²) in [6, 6.07) is -3.39. The minimum atomic E-state index is -5.61. The molecule has 0 radical (unpaired) electrons. The number of carbonyl (C=O) groups excluding carboxylic acids is 6. The molecular formula is C96H181N2O22P. The van der Waals surface area contributed by atoms with E-state index in [1.165, 1.54) is 154 Å².